The molecule has 1 atom stereocenters. The van der Waals surface area contributed by atoms with E-state index in [1.54, 1.807) is 13.1 Å². The van der Waals surface area contributed by atoms with Gasteiger partial charge in [-0.3, -0.25) is 14.8 Å². The van der Waals surface area contributed by atoms with Gasteiger partial charge >= 0.3 is 5.97 Å². The molecule has 0 amide bonds. The molecule has 0 radical (unpaired) electrons. The second kappa shape index (κ2) is 5.39. The van der Waals surface area contributed by atoms with E-state index in [2.05, 4.69) is 10.4 Å². The third-order valence-corrected chi connectivity index (χ3v) is 1.67. The molecular formula is C9H15N3O2. The number of nitrogens with one attached hydrogen (secondary N) is 1. The van der Waals surface area contributed by atoms with Crippen LogP contribution in [0.2, 0.25) is 0 Å². The molecule has 5 nitrogen and oxygen atoms in total. The Bertz CT molecular complexity index is 272. The van der Waals surface area contributed by atoms with E-state index >= 15 is 0 Å². The summed E-state index contributed by atoms with van der Waals surface area (Å²) in [6.07, 6.45) is 3.37. The van der Waals surface area contributed by atoms with E-state index < -0.39 is 0 Å². The smallest absolute Gasteiger partial charge is 0.304 e. The average molecular weight is 197 g/mol. The summed E-state index contributed by atoms with van der Waals surface area (Å²) in [7, 11) is 0. The highest BCUT2D eigenvalue weighted by atomic mass is 16.6. The number of aromatic nitrogens is 2. The molecule has 5 heteroatoms. The molecule has 1 heterocycles. The summed E-state index contributed by atoms with van der Waals surface area (Å²) >= 11 is 0. The molecule has 0 saturated carbocycles. The van der Waals surface area contributed by atoms with Crippen molar-refractivity contribution >= 4 is 5.97 Å². The summed E-state index contributed by atoms with van der Waals surface area (Å²) in [6, 6.07) is 1.87. The molecule has 1 N–H and O–H groups in total. The molecule has 0 aromatic carbocycles. The lowest BCUT2D eigenvalue weighted by Gasteiger charge is -2.13. The van der Waals surface area contributed by atoms with Crippen LogP contribution in [-0.2, 0) is 16.1 Å². The maximum Gasteiger partial charge on any atom is 0.304 e. The number of rotatable bonds is 5. The molecule has 0 aliphatic rings. The molecule has 0 aliphatic carbocycles. The van der Waals surface area contributed by atoms with Gasteiger partial charge in [-0.25, -0.2) is 0 Å². The van der Waals surface area contributed by atoms with Crippen LogP contribution >= 0.6 is 0 Å². The SMILES string of the molecule is CC(=O)OC(C)NCCn1cccn1. The lowest BCUT2D eigenvalue weighted by Crippen LogP contribution is -2.32. The first-order chi connectivity index (χ1) is 6.68. The van der Waals surface area contributed by atoms with E-state index in [0.717, 1.165) is 13.1 Å². The molecule has 1 aromatic heterocycles. The normalized spacial score (nSPS) is 12.4. The quantitative estimate of drug-likeness (QED) is 0.547. The van der Waals surface area contributed by atoms with Crippen LogP contribution in [0.3, 0.4) is 0 Å². The molecule has 1 rings (SSSR count). The van der Waals surface area contributed by atoms with Gasteiger partial charge in [0, 0.05) is 25.9 Å². The van der Waals surface area contributed by atoms with Crippen molar-refractivity contribution in [2.45, 2.75) is 26.6 Å². The van der Waals surface area contributed by atoms with Crippen molar-refractivity contribution in [2.24, 2.45) is 0 Å². The summed E-state index contributed by atoms with van der Waals surface area (Å²) in [5.41, 5.74) is 0. The minimum absolute atomic E-state index is 0.247. The maximum absolute atomic E-state index is 10.6. The van der Waals surface area contributed by atoms with E-state index in [1.165, 1.54) is 6.92 Å². The number of carbonyl (C=O) groups excluding carboxylic acids is 1. The first kappa shape index (κ1) is 10.7. The fourth-order valence-electron chi connectivity index (χ4n) is 1.11. The molecule has 14 heavy (non-hydrogen) atoms. The number of nitrogens with zero attached hydrogens (tertiary/aromatic N) is 2. The Hall–Kier alpha value is -1.36. The van der Waals surface area contributed by atoms with E-state index in [0.29, 0.717) is 0 Å². The molecular weight excluding hydrogens is 182 g/mol. The van der Waals surface area contributed by atoms with Crippen molar-refractivity contribution in [1.82, 2.24) is 15.1 Å². The Labute approximate surface area is 83.1 Å². The highest BCUT2D eigenvalue weighted by molar-refractivity contribution is 5.66. The predicted octanol–water partition coefficient (Wildman–Crippen LogP) is 0.382. The van der Waals surface area contributed by atoms with Crippen LogP contribution in [0.4, 0.5) is 0 Å². The van der Waals surface area contributed by atoms with E-state index in [1.807, 2.05) is 16.9 Å². The standard InChI is InChI=1S/C9H15N3O2/c1-8(14-9(2)13)10-5-7-12-6-3-4-11-12/h3-4,6,8,10H,5,7H2,1-2H3. The van der Waals surface area contributed by atoms with E-state index in [-0.39, 0.29) is 12.2 Å². The van der Waals surface area contributed by atoms with Gasteiger partial charge in [0.25, 0.3) is 0 Å². The van der Waals surface area contributed by atoms with Gasteiger partial charge in [0.05, 0.1) is 6.54 Å². The van der Waals surface area contributed by atoms with Crippen LogP contribution in [0.15, 0.2) is 18.5 Å². The fourth-order valence-corrected chi connectivity index (χ4v) is 1.11. The zero-order valence-corrected chi connectivity index (χ0v) is 8.43. The van der Waals surface area contributed by atoms with Gasteiger partial charge in [-0.1, -0.05) is 0 Å². The molecule has 0 fully saturated rings. The molecule has 78 valence electrons. The molecule has 0 aliphatic heterocycles. The summed E-state index contributed by atoms with van der Waals surface area (Å²) in [5, 5.41) is 7.09. The van der Waals surface area contributed by atoms with Crippen molar-refractivity contribution < 1.29 is 9.53 Å². The topological polar surface area (TPSA) is 56.1 Å². The third kappa shape index (κ3) is 4.04. The van der Waals surface area contributed by atoms with Crippen molar-refractivity contribution in [1.29, 1.82) is 0 Å². The second-order valence-electron chi connectivity index (χ2n) is 2.97. The Morgan fingerprint density at radius 2 is 2.50 bits per heavy atom. The first-order valence-corrected chi connectivity index (χ1v) is 4.56. The maximum atomic E-state index is 10.6. The monoisotopic (exact) mass is 197 g/mol. The molecule has 0 saturated heterocycles. The predicted molar refractivity (Wildman–Crippen MR) is 51.5 cm³/mol. The van der Waals surface area contributed by atoms with Crippen molar-refractivity contribution in [2.75, 3.05) is 6.54 Å². The lowest BCUT2D eigenvalue weighted by atomic mass is 10.5. The van der Waals surface area contributed by atoms with Crippen LogP contribution in [0, 0.1) is 0 Å². The van der Waals surface area contributed by atoms with Gasteiger partial charge < -0.3 is 4.74 Å². The zero-order valence-electron chi connectivity index (χ0n) is 8.43. The number of hydrogen-bond acceptors (Lipinski definition) is 4. The van der Waals surface area contributed by atoms with Crippen LogP contribution in [0.25, 0.3) is 0 Å². The van der Waals surface area contributed by atoms with Gasteiger partial charge in [-0.15, -0.1) is 0 Å². The van der Waals surface area contributed by atoms with E-state index in [4.69, 9.17) is 4.74 Å². The molecule has 0 bridgehead atoms. The zero-order chi connectivity index (χ0) is 10.4. The first-order valence-electron chi connectivity index (χ1n) is 4.56. The second-order valence-corrected chi connectivity index (χ2v) is 2.97. The van der Waals surface area contributed by atoms with Gasteiger partial charge in [-0.2, -0.15) is 5.10 Å². The largest absolute Gasteiger partial charge is 0.447 e. The lowest BCUT2D eigenvalue weighted by molar-refractivity contribution is -0.146. The Kier molecular flexibility index (Phi) is 4.12. The third-order valence-electron chi connectivity index (χ3n) is 1.67. The van der Waals surface area contributed by atoms with Gasteiger partial charge in [0.2, 0.25) is 0 Å². The minimum Gasteiger partial charge on any atom is -0.447 e. The van der Waals surface area contributed by atoms with E-state index in [9.17, 15) is 4.79 Å². The van der Waals surface area contributed by atoms with Crippen LogP contribution in [-0.4, -0.2) is 28.5 Å². The van der Waals surface area contributed by atoms with Crippen LogP contribution in [0.5, 0.6) is 0 Å². The van der Waals surface area contributed by atoms with Crippen LogP contribution in [0.1, 0.15) is 13.8 Å². The van der Waals surface area contributed by atoms with Crippen molar-refractivity contribution in [3.05, 3.63) is 18.5 Å². The summed E-state index contributed by atoms with van der Waals surface area (Å²) < 4.78 is 6.70. The van der Waals surface area contributed by atoms with Gasteiger partial charge in [0.1, 0.15) is 0 Å². The van der Waals surface area contributed by atoms with Crippen molar-refractivity contribution in [3.8, 4) is 0 Å². The fraction of sp³-hybridized carbons (Fsp3) is 0.556. The molecule has 1 unspecified atom stereocenters. The number of hydrogen-bond donors (Lipinski definition) is 1. The Morgan fingerprint density at radius 1 is 1.71 bits per heavy atom. The number of carbonyl (C=O) groups is 1. The number of esters is 1. The van der Waals surface area contributed by atoms with Gasteiger partial charge in [0.15, 0.2) is 6.23 Å². The Morgan fingerprint density at radius 3 is 3.07 bits per heavy atom. The summed E-state index contributed by atoms with van der Waals surface area (Å²) in [6.45, 7) is 4.67. The average Bonchev–Trinajstić information content (AvgIpc) is 2.55. The van der Waals surface area contributed by atoms with Gasteiger partial charge in [-0.05, 0) is 13.0 Å². The molecule has 1 aromatic rings. The Balaban J connectivity index is 2.12. The highest BCUT2D eigenvalue weighted by Gasteiger charge is 2.02. The van der Waals surface area contributed by atoms with Crippen LogP contribution < -0.4 is 5.32 Å². The summed E-state index contributed by atoms with van der Waals surface area (Å²) in [4.78, 5) is 10.6. The van der Waals surface area contributed by atoms with Crippen molar-refractivity contribution in [3.63, 3.8) is 0 Å². The minimum atomic E-state index is -0.274. The molecule has 0 spiro atoms. The highest BCUT2D eigenvalue weighted by Crippen LogP contribution is 1.87. The summed E-state index contributed by atoms with van der Waals surface area (Å²) in [5.74, 6) is -0.274. The number of ether oxygens (including phenoxy) is 1.